The number of carbonyl (C=O) groups excluding carboxylic acids is 1. The molecule has 182 valence electrons. The number of fused-ring (bicyclic) bond motifs is 2. The normalized spacial score (nSPS) is 25.6. The summed E-state index contributed by atoms with van der Waals surface area (Å²) in [5.41, 5.74) is 1.75. The van der Waals surface area contributed by atoms with E-state index in [1.807, 2.05) is 36.4 Å². The highest BCUT2D eigenvalue weighted by molar-refractivity contribution is 6.31. The summed E-state index contributed by atoms with van der Waals surface area (Å²) in [6, 6.07) is 10.8. The highest BCUT2D eigenvalue weighted by atomic mass is 35.5. The van der Waals surface area contributed by atoms with Gasteiger partial charge in [0.2, 0.25) is 5.91 Å². The third-order valence-corrected chi connectivity index (χ3v) is 8.62. The monoisotopic (exact) mass is 501 g/mol. The molecule has 0 atom stereocenters. The highest BCUT2D eigenvalue weighted by Gasteiger charge is 2.37. The summed E-state index contributed by atoms with van der Waals surface area (Å²) < 4.78 is 7.20. The van der Waals surface area contributed by atoms with Crippen LogP contribution >= 0.6 is 23.2 Å². The van der Waals surface area contributed by atoms with E-state index in [0.29, 0.717) is 10.0 Å². The highest BCUT2D eigenvalue weighted by Crippen LogP contribution is 2.45. The van der Waals surface area contributed by atoms with E-state index >= 15 is 0 Å². The Bertz CT molecular complexity index is 989. The van der Waals surface area contributed by atoms with Crippen molar-refractivity contribution in [2.24, 2.45) is 11.8 Å². The third-order valence-electron chi connectivity index (χ3n) is 8.15. The molecule has 0 radical (unpaired) electrons. The van der Waals surface area contributed by atoms with Crippen LogP contribution in [0.25, 0.3) is 0 Å². The maximum absolute atomic E-state index is 13.5. The molecule has 0 aromatic heterocycles. The topological polar surface area (TPSA) is 38.3 Å². The van der Waals surface area contributed by atoms with Crippen LogP contribution in [-0.2, 0) is 4.79 Å². The number of ether oxygens (including phenoxy) is 1. The molecule has 0 bridgehead atoms. The van der Waals surface area contributed by atoms with Crippen molar-refractivity contribution in [2.75, 3.05) is 26.7 Å². The number of benzene rings is 2. The Kier molecular flexibility index (Phi) is 7.11. The van der Waals surface area contributed by atoms with Crippen molar-refractivity contribution in [2.45, 2.75) is 57.4 Å². The number of carbonyl (C=O) groups is 1. The Morgan fingerprint density at radius 2 is 1.47 bits per heavy atom. The second-order valence-electron chi connectivity index (χ2n) is 10.8. The summed E-state index contributed by atoms with van der Waals surface area (Å²) in [6.07, 6.45) is 10.2. The standard InChI is InChI=1S/C28H34Cl2N2O2/c1-32(18-19-6-4-2-3-5-7-19)14-12-20(13-15-32)28(33)31-27-23-16-21(29)8-10-25(23)34-26-11-9-22(30)17-24(26)27/h8-11,16-17,19-20,27H,2-7,12-15,18H2,1H3/p+1. The fraction of sp³-hybridized carbons (Fsp3) is 0.536. The molecule has 1 amide bonds. The van der Waals surface area contributed by atoms with Crippen molar-refractivity contribution in [1.29, 1.82) is 0 Å². The van der Waals surface area contributed by atoms with E-state index in [9.17, 15) is 4.79 Å². The SMILES string of the molecule is C[N+]1(CC2CCCCCC2)CCC(C(=O)NC2c3cc(Cl)ccc3Oc3ccc(Cl)cc32)CC1. The van der Waals surface area contributed by atoms with Gasteiger partial charge in [0.1, 0.15) is 11.5 Å². The number of hydrogen-bond acceptors (Lipinski definition) is 2. The number of halogens is 2. The minimum absolute atomic E-state index is 0.0356. The molecule has 1 aliphatic carbocycles. The third kappa shape index (κ3) is 5.24. The zero-order valence-corrected chi connectivity index (χ0v) is 21.5. The number of rotatable bonds is 4. The number of piperidine rings is 1. The molecule has 4 nitrogen and oxygen atoms in total. The van der Waals surface area contributed by atoms with E-state index in [-0.39, 0.29) is 17.9 Å². The number of hydrogen-bond donors (Lipinski definition) is 1. The van der Waals surface area contributed by atoms with Crippen LogP contribution in [0.5, 0.6) is 11.5 Å². The molecule has 0 spiro atoms. The molecule has 1 saturated carbocycles. The Morgan fingerprint density at radius 3 is 2.03 bits per heavy atom. The Labute approximate surface area is 213 Å². The molecule has 3 aliphatic rings. The van der Waals surface area contributed by atoms with E-state index in [2.05, 4.69) is 12.4 Å². The lowest BCUT2D eigenvalue weighted by Gasteiger charge is -2.42. The fourth-order valence-electron chi connectivity index (χ4n) is 6.18. The van der Waals surface area contributed by atoms with Crippen molar-refractivity contribution >= 4 is 29.1 Å². The molecule has 6 heteroatoms. The van der Waals surface area contributed by atoms with Crippen LogP contribution in [0.4, 0.5) is 0 Å². The number of nitrogens with zero attached hydrogens (tertiary/aromatic N) is 1. The number of nitrogens with one attached hydrogen (secondary N) is 1. The molecule has 5 rings (SSSR count). The van der Waals surface area contributed by atoms with Crippen LogP contribution in [0, 0.1) is 11.8 Å². The van der Waals surface area contributed by atoms with Gasteiger partial charge in [0.05, 0.1) is 32.7 Å². The molecule has 2 aromatic rings. The van der Waals surface area contributed by atoms with Crippen molar-refractivity contribution in [1.82, 2.24) is 5.32 Å². The van der Waals surface area contributed by atoms with Crippen molar-refractivity contribution < 1.29 is 14.0 Å². The van der Waals surface area contributed by atoms with E-state index in [1.165, 1.54) is 45.1 Å². The average molecular weight is 503 g/mol. The Hall–Kier alpha value is -1.75. The van der Waals surface area contributed by atoms with Gasteiger partial charge < -0.3 is 14.5 Å². The molecule has 0 unspecified atom stereocenters. The molecular weight excluding hydrogens is 467 g/mol. The molecule has 34 heavy (non-hydrogen) atoms. The molecule has 1 saturated heterocycles. The zero-order chi connectivity index (χ0) is 23.7. The predicted molar refractivity (Wildman–Crippen MR) is 138 cm³/mol. The predicted octanol–water partition coefficient (Wildman–Crippen LogP) is 7.13. The van der Waals surface area contributed by atoms with Crippen LogP contribution in [-0.4, -0.2) is 37.1 Å². The number of likely N-dealkylation sites (tertiary alicyclic amines) is 1. The molecule has 2 aliphatic heterocycles. The quantitative estimate of drug-likeness (QED) is 0.357. The number of quaternary nitrogens is 1. The van der Waals surface area contributed by atoms with Gasteiger partial charge >= 0.3 is 0 Å². The zero-order valence-electron chi connectivity index (χ0n) is 20.0. The van der Waals surface area contributed by atoms with Gasteiger partial charge in [0.15, 0.2) is 0 Å². The summed E-state index contributed by atoms with van der Waals surface area (Å²) in [7, 11) is 2.40. The Morgan fingerprint density at radius 1 is 0.912 bits per heavy atom. The van der Waals surface area contributed by atoms with Crippen LogP contribution in [0.3, 0.4) is 0 Å². The maximum Gasteiger partial charge on any atom is 0.224 e. The lowest BCUT2D eigenvalue weighted by Crippen LogP contribution is -2.54. The first-order valence-electron chi connectivity index (χ1n) is 12.8. The summed E-state index contributed by atoms with van der Waals surface area (Å²) in [4.78, 5) is 13.5. The lowest BCUT2D eigenvalue weighted by atomic mass is 9.90. The molecule has 2 fully saturated rings. The van der Waals surface area contributed by atoms with Gasteiger partial charge in [-0.3, -0.25) is 4.79 Å². The minimum atomic E-state index is -0.322. The van der Waals surface area contributed by atoms with E-state index in [4.69, 9.17) is 27.9 Å². The molecule has 1 N–H and O–H groups in total. The first kappa shape index (κ1) is 24.0. The van der Waals surface area contributed by atoms with Gasteiger partial charge in [-0.2, -0.15) is 0 Å². The molecule has 2 heterocycles. The summed E-state index contributed by atoms with van der Waals surface area (Å²) in [6.45, 7) is 3.42. The molecule has 2 aromatic carbocycles. The van der Waals surface area contributed by atoms with E-state index in [1.54, 1.807) is 0 Å². The first-order valence-corrected chi connectivity index (χ1v) is 13.6. The van der Waals surface area contributed by atoms with Gasteiger partial charge in [0, 0.05) is 45.8 Å². The van der Waals surface area contributed by atoms with Gasteiger partial charge in [-0.25, -0.2) is 0 Å². The smallest absolute Gasteiger partial charge is 0.224 e. The summed E-state index contributed by atoms with van der Waals surface area (Å²) in [5.74, 6) is 2.45. The van der Waals surface area contributed by atoms with Crippen LogP contribution in [0.2, 0.25) is 10.0 Å². The minimum Gasteiger partial charge on any atom is -0.457 e. The lowest BCUT2D eigenvalue weighted by molar-refractivity contribution is -0.918. The largest absolute Gasteiger partial charge is 0.457 e. The van der Waals surface area contributed by atoms with Gasteiger partial charge in [-0.05, 0) is 49.2 Å². The van der Waals surface area contributed by atoms with E-state index in [0.717, 1.165) is 59.0 Å². The van der Waals surface area contributed by atoms with Crippen molar-refractivity contribution in [3.05, 3.63) is 57.6 Å². The number of amides is 1. The van der Waals surface area contributed by atoms with E-state index < -0.39 is 0 Å². The van der Waals surface area contributed by atoms with Gasteiger partial charge in [-0.1, -0.05) is 48.9 Å². The van der Waals surface area contributed by atoms with Crippen LogP contribution < -0.4 is 10.1 Å². The van der Waals surface area contributed by atoms with Crippen LogP contribution in [0.15, 0.2) is 36.4 Å². The van der Waals surface area contributed by atoms with Crippen molar-refractivity contribution in [3.8, 4) is 11.5 Å². The van der Waals surface area contributed by atoms with Gasteiger partial charge in [-0.15, -0.1) is 0 Å². The summed E-state index contributed by atoms with van der Waals surface area (Å²) >= 11 is 12.6. The fourth-order valence-corrected chi connectivity index (χ4v) is 6.54. The second-order valence-corrected chi connectivity index (χ2v) is 11.7. The van der Waals surface area contributed by atoms with Gasteiger partial charge in [0.25, 0.3) is 0 Å². The second kappa shape index (κ2) is 10.1. The first-order chi connectivity index (χ1) is 16.4. The Balaban J connectivity index is 1.28. The van der Waals surface area contributed by atoms with Crippen LogP contribution in [0.1, 0.15) is 68.5 Å². The molecular formula is C28H35Cl2N2O2+. The summed E-state index contributed by atoms with van der Waals surface area (Å²) in [5, 5.41) is 4.57. The van der Waals surface area contributed by atoms with Crippen molar-refractivity contribution in [3.63, 3.8) is 0 Å². The average Bonchev–Trinajstić information content (AvgIpc) is 3.08. The maximum atomic E-state index is 13.5.